The van der Waals surface area contributed by atoms with Crippen molar-refractivity contribution in [3.05, 3.63) is 58.1 Å². The van der Waals surface area contributed by atoms with Crippen LogP contribution >= 0.6 is 15.9 Å². The average Bonchev–Trinajstić information content (AvgIpc) is 2.70. The number of piperidine rings is 1. The minimum Gasteiger partial charge on any atom is -0.321 e. The van der Waals surface area contributed by atoms with Gasteiger partial charge in [-0.25, -0.2) is 0 Å². The topological polar surface area (TPSA) is 87.6 Å². The number of hydrogen-bond acceptors (Lipinski definition) is 4. The van der Waals surface area contributed by atoms with Crippen LogP contribution < -0.4 is 10.6 Å². The van der Waals surface area contributed by atoms with Crippen LogP contribution in [0.25, 0.3) is 0 Å². The Morgan fingerprint density at radius 3 is 2.52 bits per heavy atom. The Morgan fingerprint density at radius 1 is 1.17 bits per heavy atom. The van der Waals surface area contributed by atoms with Gasteiger partial charge in [-0.1, -0.05) is 18.2 Å². The van der Waals surface area contributed by atoms with Crippen LogP contribution in [0.1, 0.15) is 35.7 Å². The summed E-state index contributed by atoms with van der Waals surface area (Å²) < 4.78 is 30.0. The average molecular weight is 478 g/mol. The molecule has 6 nitrogen and oxygen atoms in total. The number of hydrogen-bond donors (Lipinski definition) is 2. The van der Waals surface area contributed by atoms with Crippen LogP contribution in [-0.2, 0) is 10.0 Å². The van der Waals surface area contributed by atoms with Crippen LogP contribution in [0.15, 0.2) is 56.2 Å². The maximum Gasteiger partial charge on any atom is 0.282 e. The summed E-state index contributed by atoms with van der Waals surface area (Å²) in [5.74, 6) is -0.0682. The number of aryl methyl sites for hydroxylation is 1. The number of nitrogens with zero attached hydrogens (tertiary/aromatic N) is 1. The van der Waals surface area contributed by atoms with Gasteiger partial charge in [-0.05, 0) is 85.5 Å². The third kappa shape index (κ3) is 5.32. The summed E-state index contributed by atoms with van der Waals surface area (Å²) in [5.41, 5.74) is 2.57. The molecule has 0 atom stereocenters. The Morgan fingerprint density at radius 2 is 1.86 bits per heavy atom. The highest BCUT2D eigenvalue weighted by molar-refractivity contribution is 9.10. The van der Waals surface area contributed by atoms with Gasteiger partial charge in [-0.15, -0.1) is 0 Å². The molecule has 2 N–H and O–H groups in total. The second-order valence-electron chi connectivity index (χ2n) is 7.14. The van der Waals surface area contributed by atoms with Gasteiger partial charge >= 0.3 is 0 Å². The first-order chi connectivity index (χ1) is 13.8. The van der Waals surface area contributed by atoms with Crippen LogP contribution in [0, 0.1) is 12.8 Å². The summed E-state index contributed by atoms with van der Waals surface area (Å²) in [6.07, 6.45) is 1.77. The zero-order valence-electron chi connectivity index (χ0n) is 16.4. The van der Waals surface area contributed by atoms with Gasteiger partial charge in [0.15, 0.2) is 0 Å². The summed E-state index contributed by atoms with van der Waals surface area (Å²) in [5, 5.41) is 6.08. The van der Waals surface area contributed by atoms with Gasteiger partial charge in [-0.2, -0.15) is 12.8 Å². The molecule has 1 amide bonds. The molecule has 29 heavy (non-hydrogen) atoms. The van der Waals surface area contributed by atoms with Crippen LogP contribution in [-0.4, -0.2) is 33.1 Å². The molecule has 0 radical (unpaired) electrons. The molecule has 0 spiro atoms. The van der Waals surface area contributed by atoms with Crippen molar-refractivity contribution < 1.29 is 13.2 Å². The van der Waals surface area contributed by atoms with E-state index >= 15 is 0 Å². The van der Waals surface area contributed by atoms with Crippen molar-refractivity contribution >= 4 is 43.3 Å². The molecule has 0 unspecified atom stereocenters. The molecule has 0 saturated carbocycles. The van der Waals surface area contributed by atoms with Crippen molar-refractivity contribution in [3.63, 3.8) is 0 Å². The van der Waals surface area contributed by atoms with Gasteiger partial charge in [0.1, 0.15) is 0 Å². The molecule has 2 aromatic carbocycles. The zero-order chi connectivity index (χ0) is 21.0. The molecule has 1 saturated heterocycles. The van der Waals surface area contributed by atoms with Crippen molar-refractivity contribution in [2.45, 2.75) is 31.6 Å². The van der Waals surface area contributed by atoms with Crippen molar-refractivity contribution in [1.82, 2.24) is 5.32 Å². The van der Waals surface area contributed by atoms with E-state index in [-0.39, 0.29) is 16.7 Å². The number of anilines is 1. The first kappa shape index (κ1) is 21.7. The summed E-state index contributed by atoms with van der Waals surface area (Å²) in [6.45, 7) is 5.39. The third-order valence-corrected chi connectivity index (χ3v) is 7.10. The number of sulfonamides is 1. The van der Waals surface area contributed by atoms with E-state index in [4.69, 9.17) is 0 Å². The maximum absolute atomic E-state index is 12.7. The third-order valence-electron chi connectivity index (χ3n) is 5.07. The predicted octanol–water partition coefficient (Wildman–Crippen LogP) is 4.16. The molecule has 0 aliphatic carbocycles. The first-order valence-corrected chi connectivity index (χ1v) is 11.7. The quantitative estimate of drug-likeness (QED) is 0.632. The number of halogens is 1. The molecule has 1 fully saturated rings. The standard InChI is InChI=1S/C21H24BrN3O3S/c1-14-5-3-4-6-18(14)21(26)24-20-8-7-17(13-19(20)22)29(27,28)25-15(2)16-9-11-23-12-10-16/h3-8,13,16,23H,9-12H2,1-2H3,(H,24,26). The van der Waals surface area contributed by atoms with E-state index < -0.39 is 10.0 Å². The second kappa shape index (κ2) is 9.19. The molecule has 3 rings (SSSR count). The number of rotatable bonds is 5. The van der Waals surface area contributed by atoms with Gasteiger partial charge in [0, 0.05) is 21.7 Å². The number of carbonyl (C=O) groups excluding carboxylic acids is 1. The largest absolute Gasteiger partial charge is 0.321 e. The maximum atomic E-state index is 12.7. The zero-order valence-corrected chi connectivity index (χ0v) is 18.8. The number of carbonyl (C=O) groups is 1. The van der Waals surface area contributed by atoms with Gasteiger partial charge in [0.05, 0.1) is 10.6 Å². The molecule has 1 aliphatic heterocycles. The van der Waals surface area contributed by atoms with Crippen LogP contribution in [0.2, 0.25) is 0 Å². The lowest BCUT2D eigenvalue weighted by molar-refractivity contribution is 0.102. The van der Waals surface area contributed by atoms with Crippen molar-refractivity contribution in [2.24, 2.45) is 10.3 Å². The fraction of sp³-hybridized carbons (Fsp3) is 0.333. The lowest BCUT2D eigenvalue weighted by Gasteiger charge is -2.22. The number of nitrogens with one attached hydrogen (secondary N) is 2. The Labute approximate surface area is 180 Å². The van der Waals surface area contributed by atoms with Gasteiger partial charge < -0.3 is 10.6 Å². The van der Waals surface area contributed by atoms with Gasteiger partial charge in [0.25, 0.3) is 15.9 Å². The molecule has 2 aromatic rings. The van der Waals surface area contributed by atoms with Crippen LogP contribution in [0.5, 0.6) is 0 Å². The fourth-order valence-corrected chi connectivity index (χ4v) is 5.10. The van der Waals surface area contributed by atoms with Crippen LogP contribution in [0.4, 0.5) is 5.69 Å². The van der Waals surface area contributed by atoms with E-state index in [1.54, 1.807) is 25.1 Å². The highest BCUT2D eigenvalue weighted by atomic mass is 79.9. The van der Waals surface area contributed by atoms with E-state index in [0.717, 1.165) is 31.5 Å². The monoisotopic (exact) mass is 477 g/mol. The fourth-order valence-electron chi connectivity index (χ4n) is 3.33. The van der Waals surface area contributed by atoms with Crippen LogP contribution in [0.3, 0.4) is 0 Å². The molecular formula is C21H24BrN3O3S. The summed E-state index contributed by atoms with van der Waals surface area (Å²) >= 11 is 3.37. The SMILES string of the molecule is CC(=NS(=O)(=O)c1ccc(NC(=O)c2ccccc2C)c(Br)c1)C1CCNCC1. The Kier molecular flexibility index (Phi) is 6.87. The van der Waals surface area contributed by atoms with Crippen molar-refractivity contribution in [2.75, 3.05) is 18.4 Å². The molecule has 8 heteroatoms. The highest BCUT2D eigenvalue weighted by Crippen LogP contribution is 2.28. The summed E-state index contributed by atoms with van der Waals surface area (Å²) in [6, 6.07) is 11.8. The lowest BCUT2D eigenvalue weighted by atomic mass is 9.94. The molecule has 0 aromatic heterocycles. The second-order valence-corrected chi connectivity index (χ2v) is 9.60. The summed E-state index contributed by atoms with van der Waals surface area (Å²) in [4.78, 5) is 12.6. The molecule has 1 heterocycles. The number of amides is 1. The molecular weight excluding hydrogens is 454 g/mol. The molecule has 154 valence electrons. The van der Waals surface area contributed by atoms with E-state index in [2.05, 4.69) is 31.0 Å². The number of benzene rings is 2. The minimum atomic E-state index is -3.81. The van der Waals surface area contributed by atoms with Crippen molar-refractivity contribution in [1.29, 1.82) is 0 Å². The van der Waals surface area contributed by atoms with E-state index in [9.17, 15) is 13.2 Å². The predicted molar refractivity (Wildman–Crippen MR) is 119 cm³/mol. The Bertz CT molecular complexity index is 1040. The lowest BCUT2D eigenvalue weighted by Crippen LogP contribution is -2.31. The van der Waals surface area contributed by atoms with E-state index in [1.807, 2.05) is 19.1 Å². The Hall–Kier alpha value is -2.03. The Balaban J connectivity index is 1.79. The van der Waals surface area contributed by atoms with E-state index in [0.29, 0.717) is 21.4 Å². The van der Waals surface area contributed by atoms with Gasteiger partial charge in [0.2, 0.25) is 0 Å². The smallest absolute Gasteiger partial charge is 0.282 e. The minimum absolute atomic E-state index is 0.0894. The highest BCUT2D eigenvalue weighted by Gasteiger charge is 2.21. The van der Waals surface area contributed by atoms with E-state index in [1.165, 1.54) is 12.1 Å². The van der Waals surface area contributed by atoms with Crippen molar-refractivity contribution in [3.8, 4) is 0 Å². The molecule has 0 bridgehead atoms. The summed E-state index contributed by atoms with van der Waals surface area (Å²) in [7, 11) is -3.81. The molecule has 1 aliphatic rings. The normalized spacial score (nSPS) is 15.9. The van der Waals surface area contributed by atoms with Gasteiger partial charge in [-0.3, -0.25) is 4.79 Å². The first-order valence-electron chi connectivity index (χ1n) is 9.46.